The molecule has 7 nitrogen and oxygen atoms in total. The van der Waals surface area contributed by atoms with E-state index in [4.69, 9.17) is 0 Å². The van der Waals surface area contributed by atoms with Gasteiger partial charge >= 0.3 is 0 Å². The molecule has 0 atom stereocenters. The number of carbonyl (C=O) groups excluding carboxylic acids is 2. The van der Waals surface area contributed by atoms with Crippen LogP contribution in [0.15, 0.2) is 42.0 Å². The van der Waals surface area contributed by atoms with Crippen molar-refractivity contribution in [1.82, 2.24) is 15.0 Å². The van der Waals surface area contributed by atoms with Crippen molar-refractivity contribution in [3.8, 4) is 10.8 Å². The van der Waals surface area contributed by atoms with Crippen molar-refractivity contribution < 1.29 is 9.59 Å². The molecule has 0 fully saturated rings. The molecule has 0 saturated carbocycles. The van der Waals surface area contributed by atoms with Gasteiger partial charge in [0.1, 0.15) is 5.69 Å². The second-order valence-corrected chi connectivity index (χ2v) is 6.15. The molecule has 2 aromatic heterocycles. The summed E-state index contributed by atoms with van der Waals surface area (Å²) < 4.78 is 0. The first-order valence-electron chi connectivity index (χ1n) is 7.45. The van der Waals surface area contributed by atoms with E-state index in [9.17, 15) is 9.59 Å². The predicted molar refractivity (Wildman–Crippen MR) is 96.6 cm³/mol. The Bertz CT molecular complexity index is 924. The topological polar surface area (TPSA) is 96.9 Å². The average Bonchev–Trinajstić information content (AvgIpc) is 3.08. The molecule has 0 saturated heterocycles. The molecule has 0 radical (unpaired) electrons. The first-order chi connectivity index (χ1) is 12.0. The van der Waals surface area contributed by atoms with Gasteiger partial charge in [0.25, 0.3) is 5.91 Å². The Morgan fingerprint density at radius 1 is 1.08 bits per heavy atom. The maximum Gasteiger partial charge on any atom is 0.275 e. The molecule has 3 aromatic rings. The summed E-state index contributed by atoms with van der Waals surface area (Å²) in [4.78, 5) is 36.3. The van der Waals surface area contributed by atoms with E-state index in [1.165, 1.54) is 18.3 Å². The fourth-order valence-corrected chi connectivity index (χ4v) is 2.88. The van der Waals surface area contributed by atoms with Crippen LogP contribution in [0.5, 0.6) is 0 Å². The summed E-state index contributed by atoms with van der Waals surface area (Å²) in [6, 6.07) is 7.11. The highest BCUT2D eigenvalue weighted by atomic mass is 32.1. The number of aromatic nitrogens is 3. The van der Waals surface area contributed by atoms with E-state index in [0.717, 1.165) is 5.56 Å². The first kappa shape index (κ1) is 16.7. The lowest BCUT2D eigenvalue weighted by atomic mass is 10.2. The van der Waals surface area contributed by atoms with E-state index in [0.29, 0.717) is 22.2 Å². The lowest BCUT2D eigenvalue weighted by molar-refractivity contribution is -0.114. The third-order valence-electron chi connectivity index (χ3n) is 3.23. The molecule has 8 heteroatoms. The Labute approximate surface area is 148 Å². The SMILES string of the molecule is CC(=O)Nc1ccc(C)cc1NC(=O)c1csc(-c2ncccn2)n1. The quantitative estimate of drug-likeness (QED) is 0.751. The van der Waals surface area contributed by atoms with Crippen molar-refractivity contribution >= 4 is 34.5 Å². The number of thiazole rings is 1. The average molecular weight is 353 g/mol. The van der Waals surface area contributed by atoms with Crippen molar-refractivity contribution in [2.45, 2.75) is 13.8 Å². The molecular weight excluding hydrogens is 338 g/mol. The van der Waals surface area contributed by atoms with E-state index in [1.807, 2.05) is 13.0 Å². The monoisotopic (exact) mass is 353 g/mol. The Hall–Kier alpha value is -3.13. The number of hydrogen-bond acceptors (Lipinski definition) is 6. The highest BCUT2D eigenvalue weighted by molar-refractivity contribution is 7.13. The number of benzene rings is 1. The zero-order chi connectivity index (χ0) is 17.8. The Kier molecular flexibility index (Phi) is 4.80. The minimum absolute atomic E-state index is 0.212. The van der Waals surface area contributed by atoms with Crippen LogP contribution in [0.3, 0.4) is 0 Å². The zero-order valence-electron chi connectivity index (χ0n) is 13.6. The molecule has 0 aliphatic carbocycles. The van der Waals surface area contributed by atoms with Gasteiger partial charge in [0.05, 0.1) is 11.4 Å². The number of amides is 2. The highest BCUT2D eigenvalue weighted by Crippen LogP contribution is 2.25. The predicted octanol–water partition coefficient (Wildman–Crippen LogP) is 3.12. The van der Waals surface area contributed by atoms with Gasteiger partial charge in [-0.15, -0.1) is 11.3 Å². The fraction of sp³-hybridized carbons (Fsp3) is 0.118. The largest absolute Gasteiger partial charge is 0.325 e. The van der Waals surface area contributed by atoms with Gasteiger partial charge < -0.3 is 10.6 Å². The summed E-state index contributed by atoms with van der Waals surface area (Å²) in [6.45, 7) is 3.32. The lowest BCUT2D eigenvalue weighted by Gasteiger charge is -2.11. The van der Waals surface area contributed by atoms with Crippen LogP contribution in [0.2, 0.25) is 0 Å². The van der Waals surface area contributed by atoms with Crippen LogP contribution >= 0.6 is 11.3 Å². The van der Waals surface area contributed by atoms with Gasteiger partial charge in [-0.2, -0.15) is 0 Å². The molecule has 2 heterocycles. The molecule has 0 aliphatic heterocycles. The Morgan fingerprint density at radius 3 is 2.56 bits per heavy atom. The molecule has 2 N–H and O–H groups in total. The van der Waals surface area contributed by atoms with Crippen LogP contribution in [-0.2, 0) is 4.79 Å². The maximum absolute atomic E-state index is 12.5. The molecule has 2 amide bonds. The molecule has 0 aliphatic rings. The Morgan fingerprint density at radius 2 is 1.84 bits per heavy atom. The molecular formula is C17H15N5O2S. The van der Waals surface area contributed by atoms with Crippen molar-refractivity contribution in [2.75, 3.05) is 10.6 Å². The zero-order valence-corrected chi connectivity index (χ0v) is 14.4. The van der Waals surface area contributed by atoms with Crippen molar-refractivity contribution in [1.29, 1.82) is 0 Å². The standard InChI is InChI=1S/C17H15N5O2S/c1-10-4-5-12(20-11(2)23)13(8-10)21-16(24)14-9-25-17(22-14)15-18-6-3-7-19-15/h3-9H,1-2H3,(H,20,23)(H,21,24). The van der Waals surface area contributed by atoms with E-state index in [1.54, 1.807) is 36.0 Å². The maximum atomic E-state index is 12.5. The minimum atomic E-state index is -0.365. The lowest BCUT2D eigenvalue weighted by Crippen LogP contribution is -2.15. The molecule has 126 valence electrons. The summed E-state index contributed by atoms with van der Waals surface area (Å²) in [5.41, 5.74) is 2.28. The third-order valence-corrected chi connectivity index (χ3v) is 4.07. The minimum Gasteiger partial charge on any atom is -0.325 e. The van der Waals surface area contributed by atoms with E-state index in [2.05, 4.69) is 25.6 Å². The number of rotatable bonds is 4. The molecule has 0 unspecified atom stereocenters. The second-order valence-electron chi connectivity index (χ2n) is 5.29. The number of aryl methyl sites for hydroxylation is 1. The smallest absolute Gasteiger partial charge is 0.275 e. The number of hydrogen-bond donors (Lipinski definition) is 2. The fourth-order valence-electron chi connectivity index (χ4n) is 2.14. The summed E-state index contributed by atoms with van der Waals surface area (Å²) in [5.74, 6) is -0.104. The van der Waals surface area contributed by atoms with Crippen LogP contribution in [0.25, 0.3) is 10.8 Å². The summed E-state index contributed by atoms with van der Waals surface area (Å²) >= 11 is 1.29. The second kappa shape index (κ2) is 7.18. The first-order valence-corrected chi connectivity index (χ1v) is 8.33. The van der Waals surface area contributed by atoms with Gasteiger partial charge in [0.15, 0.2) is 10.8 Å². The number of nitrogens with one attached hydrogen (secondary N) is 2. The molecule has 1 aromatic carbocycles. The summed E-state index contributed by atoms with van der Waals surface area (Å²) in [5, 5.41) is 7.70. The van der Waals surface area contributed by atoms with Crippen LogP contribution in [0.4, 0.5) is 11.4 Å². The number of carbonyl (C=O) groups is 2. The van der Waals surface area contributed by atoms with Gasteiger partial charge in [-0.25, -0.2) is 15.0 Å². The van der Waals surface area contributed by atoms with Gasteiger partial charge in [0.2, 0.25) is 5.91 Å². The number of nitrogens with zero attached hydrogens (tertiary/aromatic N) is 3. The summed E-state index contributed by atoms with van der Waals surface area (Å²) in [7, 11) is 0. The van der Waals surface area contributed by atoms with Gasteiger partial charge in [-0.1, -0.05) is 6.07 Å². The summed E-state index contributed by atoms with van der Waals surface area (Å²) in [6.07, 6.45) is 3.24. The van der Waals surface area contributed by atoms with Crippen LogP contribution in [-0.4, -0.2) is 26.8 Å². The normalized spacial score (nSPS) is 10.3. The van der Waals surface area contributed by atoms with Gasteiger partial charge in [-0.05, 0) is 30.7 Å². The molecule has 0 bridgehead atoms. The van der Waals surface area contributed by atoms with Crippen LogP contribution in [0.1, 0.15) is 23.0 Å². The van der Waals surface area contributed by atoms with Crippen LogP contribution < -0.4 is 10.6 Å². The highest BCUT2D eigenvalue weighted by Gasteiger charge is 2.15. The van der Waals surface area contributed by atoms with E-state index >= 15 is 0 Å². The van der Waals surface area contributed by atoms with Crippen LogP contribution in [0, 0.1) is 6.92 Å². The van der Waals surface area contributed by atoms with Crippen molar-refractivity contribution in [2.24, 2.45) is 0 Å². The number of anilines is 2. The molecule has 25 heavy (non-hydrogen) atoms. The van der Waals surface area contributed by atoms with E-state index < -0.39 is 0 Å². The van der Waals surface area contributed by atoms with Crippen molar-refractivity contribution in [3.63, 3.8) is 0 Å². The van der Waals surface area contributed by atoms with E-state index in [-0.39, 0.29) is 17.5 Å². The van der Waals surface area contributed by atoms with Gasteiger partial charge in [-0.3, -0.25) is 9.59 Å². The molecule has 3 rings (SSSR count). The Balaban J connectivity index is 1.82. The van der Waals surface area contributed by atoms with Gasteiger partial charge in [0, 0.05) is 24.7 Å². The third kappa shape index (κ3) is 4.04. The van der Waals surface area contributed by atoms with Crippen molar-refractivity contribution in [3.05, 3.63) is 53.3 Å². The molecule has 0 spiro atoms.